The summed E-state index contributed by atoms with van der Waals surface area (Å²) >= 11 is 3.15. The molecule has 0 aromatic heterocycles. The van der Waals surface area contributed by atoms with E-state index in [4.69, 9.17) is 0 Å². The van der Waals surface area contributed by atoms with Crippen molar-refractivity contribution in [3.8, 4) is 0 Å². The summed E-state index contributed by atoms with van der Waals surface area (Å²) in [5.41, 5.74) is 1.46. The van der Waals surface area contributed by atoms with Crippen LogP contribution in [0, 0.1) is 0 Å². The highest BCUT2D eigenvalue weighted by Crippen LogP contribution is 2.13. The van der Waals surface area contributed by atoms with Crippen molar-refractivity contribution in [2.45, 2.75) is 34.2 Å². The fourth-order valence-electron chi connectivity index (χ4n) is 1.98. The number of nitrogens with zero attached hydrogens (tertiary/aromatic N) is 1. The molecule has 0 aliphatic rings. The van der Waals surface area contributed by atoms with Crippen LogP contribution >= 0.6 is 15.9 Å². The van der Waals surface area contributed by atoms with Crippen molar-refractivity contribution in [2.75, 3.05) is 25.0 Å². The molecule has 0 aliphatic heterocycles. The molecular weight excluding hydrogens is 354 g/mol. The Morgan fingerprint density at radius 3 is 1.61 bits per heavy atom. The van der Waals surface area contributed by atoms with Crippen LogP contribution in [-0.4, -0.2) is 29.4 Å². The molecule has 0 spiro atoms. The van der Waals surface area contributed by atoms with Crippen LogP contribution in [0.3, 0.4) is 0 Å². The second-order valence-corrected chi connectivity index (χ2v) is 5.32. The monoisotopic (exact) mass is 379 g/mol. The molecule has 0 atom stereocenters. The predicted molar refractivity (Wildman–Crippen MR) is 81.5 cm³/mol. The summed E-state index contributed by atoms with van der Waals surface area (Å²) in [7, 11) is 0. The Balaban J connectivity index is 0. The first-order valence-electron chi connectivity index (χ1n) is 6.62. The van der Waals surface area contributed by atoms with Gasteiger partial charge in [-0.2, -0.15) is 0 Å². The van der Waals surface area contributed by atoms with E-state index in [0.717, 1.165) is 5.33 Å². The Hall–Kier alpha value is 0.140. The lowest BCUT2D eigenvalue weighted by atomic mass is 10.2. The van der Waals surface area contributed by atoms with Crippen LogP contribution in [0.4, 0.5) is 0 Å². The fourth-order valence-corrected chi connectivity index (χ4v) is 1.98. The van der Waals surface area contributed by atoms with E-state index in [9.17, 15) is 0 Å². The van der Waals surface area contributed by atoms with Crippen LogP contribution in [-0.2, 0) is 6.54 Å². The predicted octanol–water partition coefficient (Wildman–Crippen LogP) is 1.47. The largest absolute Gasteiger partial charge is 1.00 e. The first kappa shape index (κ1) is 20.5. The third-order valence-corrected chi connectivity index (χ3v) is 3.37. The zero-order valence-electron chi connectivity index (χ0n) is 12.1. The molecule has 0 unspecified atom stereocenters. The van der Waals surface area contributed by atoms with Crippen LogP contribution in [0.1, 0.15) is 33.3 Å². The van der Waals surface area contributed by atoms with Crippen molar-refractivity contribution in [2.24, 2.45) is 0 Å². The Bertz CT molecular complexity index is 263. The summed E-state index contributed by atoms with van der Waals surface area (Å²) in [6, 6.07) is 10.8. The highest BCUT2D eigenvalue weighted by atomic mass is 79.9. The quantitative estimate of drug-likeness (QED) is 0.536. The molecular formula is C15H27Br2N. The molecule has 0 saturated carbocycles. The molecule has 1 aromatic carbocycles. The zero-order chi connectivity index (χ0) is 13.1. The molecule has 0 heterocycles. The van der Waals surface area contributed by atoms with Crippen LogP contribution in [0.5, 0.6) is 0 Å². The van der Waals surface area contributed by atoms with Gasteiger partial charge in [-0.1, -0.05) is 53.2 Å². The molecule has 18 heavy (non-hydrogen) atoms. The molecule has 1 rings (SSSR count). The van der Waals surface area contributed by atoms with E-state index in [1.54, 1.807) is 0 Å². The van der Waals surface area contributed by atoms with Crippen molar-refractivity contribution in [1.29, 1.82) is 0 Å². The van der Waals surface area contributed by atoms with Gasteiger partial charge in [0.1, 0.15) is 6.54 Å². The Morgan fingerprint density at radius 2 is 1.28 bits per heavy atom. The van der Waals surface area contributed by atoms with Gasteiger partial charge >= 0.3 is 0 Å². The molecule has 0 aliphatic carbocycles. The first-order valence-corrected chi connectivity index (χ1v) is 7.75. The number of rotatable bonds is 5. The molecule has 3 heteroatoms. The smallest absolute Gasteiger partial charge is 0.104 e. The van der Waals surface area contributed by atoms with Gasteiger partial charge in [0.15, 0.2) is 0 Å². The van der Waals surface area contributed by atoms with E-state index in [1.165, 1.54) is 36.2 Å². The maximum Gasteiger partial charge on any atom is 0.104 e. The summed E-state index contributed by atoms with van der Waals surface area (Å²) in [6.07, 6.45) is 0. The Morgan fingerprint density at radius 1 is 0.889 bits per heavy atom. The average Bonchev–Trinajstić information content (AvgIpc) is 2.38. The van der Waals surface area contributed by atoms with E-state index in [2.05, 4.69) is 67.0 Å². The minimum atomic E-state index is 0. The zero-order valence-corrected chi connectivity index (χ0v) is 15.3. The Labute approximate surface area is 132 Å². The second-order valence-electron chi connectivity index (χ2n) is 4.20. The lowest BCUT2D eigenvalue weighted by Crippen LogP contribution is -3.00. The van der Waals surface area contributed by atoms with E-state index in [1.807, 2.05) is 6.92 Å². The van der Waals surface area contributed by atoms with E-state index < -0.39 is 0 Å². The number of benzene rings is 1. The fraction of sp³-hybridized carbons (Fsp3) is 0.600. The number of hydrogen-bond donors (Lipinski definition) is 0. The topological polar surface area (TPSA) is 0 Å². The number of hydrogen-bond acceptors (Lipinski definition) is 0. The van der Waals surface area contributed by atoms with Crippen molar-refractivity contribution in [3.63, 3.8) is 0 Å². The van der Waals surface area contributed by atoms with Gasteiger partial charge in [0.2, 0.25) is 0 Å². The molecule has 1 nitrogen and oxygen atoms in total. The van der Waals surface area contributed by atoms with Gasteiger partial charge in [0.05, 0.1) is 19.6 Å². The van der Waals surface area contributed by atoms with Crippen LogP contribution in [0.15, 0.2) is 30.3 Å². The number of alkyl halides is 1. The van der Waals surface area contributed by atoms with Crippen molar-refractivity contribution in [3.05, 3.63) is 35.9 Å². The standard InChI is InChI=1S/C13H22N.C2H5Br.BrH/c1-4-14(5-2,6-3)12-13-10-8-7-9-11-13;1-2-3;/h7-11H,4-6,12H2,1-3H3;2H2,1H3;1H/q+1;;/p-1. The lowest BCUT2D eigenvalue weighted by molar-refractivity contribution is -0.936. The SMILES string of the molecule is CCBr.CC[N+](CC)(CC)Cc1ccccc1.[Br-]. The molecule has 0 bridgehead atoms. The first-order chi connectivity index (χ1) is 8.17. The van der Waals surface area contributed by atoms with Crippen LogP contribution in [0.25, 0.3) is 0 Å². The maximum atomic E-state index is 3.15. The van der Waals surface area contributed by atoms with E-state index >= 15 is 0 Å². The van der Waals surface area contributed by atoms with Gasteiger partial charge < -0.3 is 21.5 Å². The van der Waals surface area contributed by atoms with Crippen LogP contribution < -0.4 is 17.0 Å². The highest BCUT2D eigenvalue weighted by Gasteiger charge is 2.20. The lowest BCUT2D eigenvalue weighted by Gasteiger charge is -2.35. The summed E-state index contributed by atoms with van der Waals surface area (Å²) in [5.74, 6) is 0. The molecule has 0 saturated heterocycles. The summed E-state index contributed by atoms with van der Waals surface area (Å²) in [4.78, 5) is 0. The van der Waals surface area contributed by atoms with Gasteiger partial charge in [0.25, 0.3) is 0 Å². The molecule has 0 radical (unpaired) electrons. The van der Waals surface area contributed by atoms with E-state index in [-0.39, 0.29) is 17.0 Å². The summed E-state index contributed by atoms with van der Waals surface area (Å²) in [5, 5.41) is 1.06. The van der Waals surface area contributed by atoms with Gasteiger partial charge in [-0.05, 0) is 20.8 Å². The Kier molecular flexibility index (Phi) is 13.9. The van der Waals surface area contributed by atoms with E-state index in [0.29, 0.717) is 0 Å². The van der Waals surface area contributed by atoms with Crippen molar-refractivity contribution in [1.82, 2.24) is 0 Å². The van der Waals surface area contributed by atoms with Crippen LogP contribution in [0.2, 0.25) is 0 Å². The molecule has 106 valence electrons. The molecule has 0 fully saturated rings. The summed E-state index contributed by atoms with van der Waals surface area (Å²) in [6.45, 7) is 13.7. The highest BCUT2D eigenvalue weighted by molar-refractivity contribution is 9.09. The number of halogens is 2. The normalized spacial score (nSPS) is 10.1. The maximum absolute atomic E-state index is 3.15. The average molecular weight is 381 g/mol. The van der Waals surface area contributed by atoms with Crippen molar-refractivity contribution >= 4 is 15.9 Å². The molecule has 1 aromatic rings. The molecule has 0 amide bonds. The van der Waals surface area contributed by atoms with Gasteiger partial charge in [0, 0.05) is 10.9 Å². The molecule has 0 N–H and O–H groups in total. The third kappa shape index (κ3) is 7.55. The van der Waals surface area contributed by atoms with Gasteiger partial charge in [-0.3, -0.25) is 0 Å². The second kappa shape index (κ2) is 12.2. The van der Waals surface area contributed by atoms with Gasteiger partial charge in [-0.15, -0.1) is 0 Å². The minimum Gasteiger partial charge on any atom is -1.00 e. The summed E-state index contributed by atoms with van der Waals surface area (Å²) < 4.78 is 1.20. The van der Waals surface area contributed by atoms with Crippen molar-refractivity contribution < 1.29 is 21.5 Å². The van der Waals surface area contributed by atoms with Gasteiger partial charge in [-0.25, -0.2) is 0 Å². The third-order valence-electron chi connectivity index (χ3n) is 3.37. The minimum absolute atomic E-state index is 0. The number of quaternary nitrogens is 1.